The van der Waals surface area contributed by atoms with Crippen molar-refractivity contribution in [2.75, 3.05) is 38.1 Å². The predicted octanol–water partition coefficient (Wildman–Crippen LogP) is 1.12. The first-order valence-corrected chi connectivity index (χ1v) is 7.45. The lowest BCUT2D eigenvalue weighted by molar-refractivity contribution is 0.0744. The van der Waals surface area contributed by atoms with Gasteiger partial charge in [0.1, 0.15) is 5.82 Å². The molecule has 1 aromatic heterocycles. The molecule has 0 radical (unpaired) electrons. The maximum Gasteiger partial charge on any atom is 0.257 e. The zero-order valence-electron chi connectivity index (χ0n) is 12.0. The summed E-state index contributed by atoms with van der Waals surface area (Å²) in [6, 6.07) is 4.06. The van der Waals surface area contributed by atoms with Crippen molar-refractivity contribution in [3.05, 3.63) is 23.9 Å². The van der Waals surface area contributed by atoms with E-state index in [1.165, 1.54) is 12.8 Å². The molecule has 2 aliphatic rings. The molecule has 1 amide bonds. The summed E-state index contributed by atoms with van der Waals surface area (Å²) in [7, 11) is 1.90. The third-order valence-electron chi connectivity index (χ3n) is 4.33. The highest BCUT2D eigenvalue weighted by Crippen LogP contribution is 2.23. The topological polar surface area (TPSA) is 48.5 Å². The zero-order chi connectivity index (χ0) is 13.9. The molecule has 1 atom stereocenters. The van der Waals surface area contributed by atoms with E-state index in [-0.39, 0.29) is 5.91 Å². The number of carbonyl (C=O) groups excluding carboxylic acids is 1. The smallest absolute Gasteiger partial charge is 0.257 e. The Kier molecular flexibility index (Phi) is 3.87. The Hall–Kier alpha value is -1.62. The van der Waals surface area contributed by atoms with E-state index >= 15 is 0 Å². The van der Waals surface area contributed by atoms with Gasteiger partial charge in [-0.25, -0.2) is 4.98 Å². The SMILES string of the molecule is CN(C(=O)c1cccnc1N1CCCC1)[C@H]1CCNC1. The second-order valence-electron chi connectivity index (χ2n) is 5.63. The van der Waals surface area contributed by atoms with Gasteiger partial charge in [0, 0.05) is 38.9 Å². The van der Waals surface area contributed by atoms with Crippen LogP contribution in [0.2, 0.25) is 0 Å². The molecule has 2 aliphatic heterocycles. The maximum absolute atomic E-state index is 12.7. The van der Waals surface area contributed by atoms with E-state index < -0.39 is 0 Å². The van der Waals surface area contributed by atoms with Gasteiger partial charge in [-0.3, -0.25) is 4.79 Å². The van der Waals surface area contributed by atoms with E-state index in [0.717, 1.165) is 44.0 Å². The van der Waals surface area contributed by atoms with E-state index in [2.05, 4.69) is 15.2 Å². The molecule has 0 aromatic carbocycles. The van der Waals surface area contributed by atoms with Gasteiger partial charge in [-0.1, -0.05) is 0 Å². The summed E-state index contributed by atoms with van der Waals surface area (Å²) in [5, 5.41) is 3.31. The molecule has 2 fully saturated rings. The average molecular weight is 274 g/mol. The third kappa shape index (κ3) is 2.50. The number of hydrogen-bond donors (Lipinski definition) is 1. The zero-order valence-corrected chi connectivity index (χ0v) is 12.0. The molecule has 0 unspecified atom stereocenters. The van der Waals surface area contributed by atoms with E-state index in [1.807, 2.05) is 24.1 Å². The van der Waals surface area contributed by atoms with Gasteiger partial charge in [0.15, 0.2) is 0 Å². The molecule has 3 rings (SSSR count). The number of anilines is 1. The Morgan fingerprint density at radius 3 is 2.95 bits per heavy atom. The molecule has 5 nitrogen and oxygen atoms in total. The summed E-state index contributed by atoms with van der Waals surface area (Å²) in [6.45, 7) is 3.90. The van der Waals surface area contributed by atoms with E-state index in [0.29, 0.717) is 6.04 Å². The first-order valence-electron chi connectivity index (χ1n) is 7.45. The van der Waals surface area contributed by atoms with Gasteiger partial charge >= 0.3 is 0 Å². The Morgan fingerprint density at radius 2 is 2.25 bits per heavy atom. The summed E-state index contributed by atoms with van der Waals surface area (Å²) in [5.74, 6) is 0.946. The van der Waals surface area contributed by atoms with Gasteiger partial charge in [0.2, 0.25) is 0 Å². The Labute approximate surface area is 120 Å². The molecule has 1 N–H and O–H groups in total. The van der Waals surface area contributed by atoms with Crippen LogP contribution in [-0.4, -0.2) is 55.1 Å². The van der Waals surface area contributed by atoms with Gasteiger partial charge in [0.25, 0.3) is 5.91 Å². The van der Waals surface area contributed by atoms with E-state index in [4.69, 9.17) is 0 Å². The van der Waals surface area contributed by atoms with Crippen molar-refractivity contribution in [1.29, 1.82) is 0 Å². The Balaban J connectivity index is 1.83. The van der Waals surface area contributed by atoms with Crippen LogP contribution in [0.3, 0.4) is 0 Å². The molecule has 20 heavy (non-hydrogen) atoms. The van der Waals surface area contributed by atoms with Crippen molar-refractivity contribution in [3.8, 4) is 0 Å². The second-order valence-corrected chi connectivity index (χ2v) is 5.63. The number of nitrogens with one attached hydrogen (secondary N) is 1. The van der Waals surface area contributed by atoms with Crippen molar-refractivity contribution >= 4 is 11.7 Å². The number of pyridine rings is 1. The van der Waals surface area contributed by atoms with Crippen LogP contribution < -0.4 is 10.2 Å². The number of likely N-dealkylation sites (N-methyl/N-ethyl adjacent to an activating group) is 1. The number of carbonyl (C=O) groups is 1. The number of nitrogens with zero attached hydrogens (tertiary/aromatic N) is 3. The van der Waals surface area contributed by atoms with Crippen LogP contribution in [0.15, 0.2) is 18.3 Å². The molecule has 0 spiro atoms. The molecule has 0 bridgehead atoms. The minimum Gasteiger partial charge on any atom is -0.356 e. The van der Waals surface area contributed by atoms with Crippen LogP contribution in [0.25, 0.3) is 0 Å². The molecule has 0 saturated carbocycles. The summed E-state index contributed by atoms with van der Waals surface area (Å²) < 4.78 is 0. The standard InChI is InChI=1S/C15H22N4O/c1-18(12-6-8-16-11-12)15(20)13-5-4-7-17-14(13)19-9-2-3-10-19/h4-5,7,12,16H,2-3,6,8-11H2,1H3/t12-/m0/s1. The summed E-state index contributed by atoms with van der Waals surface area (Å²) >= 11 is 0. The average Bonchev–Trinajstić information content (AvgIpc) is 3.18. The van der Waals surface area contributed by atoms with Crippen LogP contribution in [0.5, 0.6) is 0 Å². The molecular formula is C15H22N4O. The van der Waals surface area contributed by atoms with Crippen molar-refractivity contribution in [1.82, 2.24) is 15.2 Å². The molecule has 5 heteroatoms. The Morgan fingerprint density at radius 1 is 1.45 bits per heavy atom. The molecular weight excluding hydrogens is 252 g/mol. The minimum atomic E-state index is 0.0914. The summed E-state index contributed by atoms with van der Waals surface area (Å²) in [5.41, 5.74) is 0.740. The third-order valence-corrected chi connectivity index (χ3v) is 4.33. The van der Waals surface area contributed by atoms with E-state index in [1.54, 1.807) is 6.20 Å². The highest BCUT2D eigenvalue weighted by Gasteiger charge is 2.27. The number of hydrogen-bond acceptors (Lipinski definition) is 4. The van der Waals surface area contributed by atoms with Crippen LogP contribution in [0.1, 0.15) is 29.6 Å². The summed E-state index contributed by atoms with van der Waals surface area (Å²) in [4.78, 5) is 21.3. The highest BCUT2D eigenvalue weighted by atomic mass is 16.2. The van der Waals surface area contributed by atoms with Crippen molar-refractivity contribution in [2.24, 2.45) is 0 Å². The van der Waals surface area contributed by atoms with Crippen molar-refractivity contribution in [2.45, 2.75) is 25.3 Å². The van der Waals surface area contributed by atoms with Crippen LogP contribution >= 0.6 is 0 Å². The van der Waals surface area contributed by atoms with E-state index in [9.17, 15) is 4.79 Å². The molecule has 2 saturated heterocycles. The second kappa shape index (κ2) is 5.79. The molecule has 0 aliphatic carbocycles. The van der Waals surface area contributed by atoms with Gasteiger partial charge in [0.05, 0.1) is 5.56 Å². The van der Waals surface area contributed by atoms with Crippen LogP contribution in [0.4, 0.5) is 5.82 Å². The van der Waals surface area contributed by atoms with Crippen molar-refractivity contribution in [3.63, 3.8) is 0 Å². The van der Waals surface area contributed by atoms with Crippen LogP contribution in [0, 0.1) is 0 Å². The highest BCUT2D eigenvalue weighted by molar-refractivity contribution is 5.99. The predicted molar refractivity (Wildman–Crippen MR) is 79.1 cm³/mol. The van der Waals surface area contributed by atoms with Gasteiger partial charge in [-0.05, 0) is 37.9 Å². The van der Waals surface area contributed by atoms with Crippen molar-refractivity contribution < 1.29 is 4.79 Å². The number of aromatic nitrogens is 1. The monoisotopic (exact) mass is 274 g/mol. The number of rotatable bonds is 3. The minimum absolute atomic E-state index is 0.0914. The maximum atomic E-state index is 12.7. The fraction of sp³-hybridized carbons (Fsp3) is 0.600. The van der Waals surface area contributed by atoms with Gasteiger partial charge in [-0.15, -0.1) is 0 Å². The van der Waals surface area contributed by atoms with Gasteiger partial charge in [-0.2, -0.15) is 0 Å². The number of amides is 1. The fourth-order valence-electron chi connectivity index (χ4n) is 3.07. The van der Waals surface area contributed by atoms with Crippen LogP contribution in [-0.2, 0) is 0 Å². The Bertz CT molecular complexity index is 479. The first kappa shape index (κ1) is 13.4. The summed E-state index contributed by atoms with van der Waals surface area (Å²) in [6.07, 6.45) is 5.18. The molecule has 1 aromatic rings. The lowest BCUT2D eigenvalue weighted by Gasteiger charge is -2.26. The lowest BCUT2D eigenvalue weighted by atomic mass is 10.1. The normalized spacial score (nSPS) is 22.2. The quantitative estimate of drug-likeness (QED) is 0.897. The largest absolute Gasteiger partial charge is 0.356 e. The molecule has 3 heterocycles. The van der Waals surface area contributed by atoms with Gasteiger partial charge < -0.3 is 15.1 Å². The fourth-order valence-corrected chi connectivity index (χ4v) is 3.07. The first-order chi connectivity index (χ1) is 9.77. The molecule has 108 valence electrons. The lowest BCUT2D eigenvalue weighted by Crippen LogP contribution is -2.39.